The molecule has 2 aromatic rings. The predicted octanol–water partition coefficient (Wildman–Crippen LogP) is 3.51. The van der Waals surface area contributed by atoms with Gasteiger partial charge in [0.2, 0.25) is 6.29 Å². The summed E-state index contributed by atoms with van der Waals surface area (Å²) in [6, 6.07) is 15.5. The van der Waals surface area contributed by atoms with E-state index in [0.717, 1.165) is 24.2 Å². The van der Waals surface area contributed by atoms with Crippen molar-refractivity contribution in [1.29, 1.82) is 0 Å². The van der Waals surface area contributed by atoms with Crippen molar-refractivity contribution in [3.63, 3.8) is 0 Å². The maximum atomic E-state index is 10.4. The molecule has 4 nitrogen and oxygen atoms in total. The molecule has 0 bridgehead atoms. The molecule has 0 saturated carbocycles. The average molecular weight is 330 g/mol. The number of para-hydroxylation sites is 1. The summed E-state index contributed by atoms with van der Waals surface area (Å²) < 4.78 is 20.4. The molecule has 3 rings (SSSR count). The molecule has 1 aliphatic heterocycles. The van der Waals surface area contributed by atoms with Crippen LogP contribution in [0.3, 0.4) is 0 Å². The van der Waals surface area contributed by atoms with Gasteiger partial charge in [-0.3, -0.25) is 13.9 Å². The van der Waals surface area contributed by atoms with Crippen LogP contribution >= 0.6 is 10.6 Å². The van der Waals surface area contributed by atoms with Crippen LogP contribution in [0.1, 0.15) is 11.1 Å². The molecule has 1 radical (unpaired) electrons. The van der Waals surface area contributed by atoms with Gasteiger partial charge in [0.05, 0.1) is 16.3 Å². The van der Waals surface area contributed by atoms with Gasteiger partial charge in [-0.15, -0.1) is 0 Å². The van der Waals surface area contributed by atoms with Crippen LogP contribution in [-0.2, 0) is 17.6 Å². The smallest absolute Gasteiger partial charge is 0.203 e. The second kappa shape index (κ2) is 6.74. The minimum atomic E-state index is -2.65. The van der Waals surface area contributed by atoms with Crippen molar-refractivity contribution in [2.45, 2.75) is 17.7 Å². The van der Waals surface area contributed by atoms with Crippen molar-refractivity contribution >= 4 is 22.6 Å². The van der Waals surface area contributed by atoms with Crippen LogP contribution in [0.2, 0.25) is 0 Å². The van der Waals surface area contributed by atoms with E-state index in [1.165, 1.54) is 5.56 Å². The number of anilines is 1. The zero-order chi connectivity index (χ0) is 16.3. The molecule has 0 amide bonds. The fraction of sp³-hybridized carbons (Fsp3) is 0.278. The molecule has 1 heterocycles. The largest absolute Gasteiger partial charge is 0.368 e. The molecule has 0 fully saturated rings. The highest BCUT2D eigenvalue weighted by Crippen LogP contribution is 2.54. The van der Waals surface area contributed by atoms with Crippen LogP contribution in [0.25, 0.3) is 0 Å². The number of carbonyl (C=O) groups excluding carboxylic acids is 1. The van der Waals surface area contributed by atoms with E-state index < -0.39 is 10.6 Å². The molecule has 23 heavy (non-hydrogen) atoms. The maximum Gasteiger partial charge on any atom is 0.203 e. The number of benzene rings is 2. The number of hydrogen-bond donors (Lipinski definition) is 2. The Bertz CT molecular complexity index is 685. The van der Waals surface area contributed by atoms with Gasteiger partial charge >= 0.3 is 0 Å². The first kappa shape index (κ1) is 16.1. The molecule has 0 spiro atoms. The molecule has 0 unspecified atom stereocenters. The van der Waals surface area contributed by atoms with Crippen LogP contribution in [0.5, 0.6) is 0 Å². The number of hydrogen-bond acceptors (Lipinski definition) is 4. The van der Waals surface area contributed by atoms with Gasteiger partial charge in [-0.05, 0) is 29.7 Å². The van der Waals surface area contributed by atoms with E-state index in [0.29, 0.717) is 23.6 Å². The van der Waals surface area contributed by atoms with Gasteiger partial charge in [0.25, 0.3) is 0 Å². The molecule has 2 N–H and O–H groups in total. The minimum absolute atomic E-state index is 0.331. The molecule has 121 valence electrons. The van der Waals surface area contributed by atoms with Gasteiger partial charge in [-0.2, -0.15) is 10.6 Å². The van der Waals surface area contributed by atoms with Crippen LogP contribution in [-0.4, -0.2) is 34.2 Å². The Morgan fingerprint density at radius 1 is 1.04 bits per heavy atom. The highest BCUT2D eigenvalue weighted by atomic mass is 32.3. The Morgan fingerprint density at radius 3 is 2.48 bits per heavy atom. The lowest BCUT2D eigenvalue weighted by atomic mass is 10.1. The Labute approximate surface area is 138 Å². The quantitative estimate of drug-likeness (QED) is 0.881. The van der Waals surface area contributed by atoms with Crippen LogP contribution in [0, 0.1) is 0 Å². The second-order valence-electron chi connectivity index (χ2n) is 5.71. The van der Waals surface area contributed by atoms with Crippen molar-refractivity contribution in [1.82, 2.24) is 0 Å². The summed E-state index contributed by atoms with van der Waals surface area (Å²) in [6.07, 6.45) is 3.11. The lowest BCUT2D eigenvalue weighted by molar-refractivity contribution is 0.481. The SMILES string of the molecule is O=[C]Cc1ccc(CCN2CCS(O)(O)c3ccccc32)cc1. The summed E-state index contributed by atoms with van der Waals surface area (Å²) in [5.41, 5.74) is 3.10. The van der Waals surface area contributed by atoms with Crippen molar-refractivity contribution in [2.24, 2.45) is 0 Å². The summed E-state index contributed by atoms with van der Waals surface area (Å²) in [5, 5.41) is 0. The summed E-state index contributed by atoms with van der Waals surface area (Å²) in [5.74, 6) is 0.387. The zero-order valence-electron chi connectivity index (χ0n) is 12.8. The monoisotopic (exact) mass is 330 g/mol. The van der Waals surface area contributed by atoms with E-state index in [9.17, 15) is 13.9 Å². The molecule has 0 aromatic heterocycles. The standard InChI is InChI=1S/C18H20NO3S/c20-13-10-16-7-5-15(6-8-16)9-11-19-12-14-23(21,22)18-4-2-1-3-17(18)19/h1-8,21-22H,9-12,14H2. The van der Waals surface area contributed by atoms with Gasteiger partial charge in [0.1, 0.15) is 0 Å². The summed E-state index contributed by atoms with van der Waals surface area (Å²) in [4.78, 5) is 13.3. The van der Waals surface area contributed by atoms with E-state index in [1.54, 1.807) is 0 Å². The van der Waals surface area contributed by atoms with Gasteiger partial charge in [0, 0.05) is 19.5 Å². The van der Waals surface area contributed by atoms with Gasteiger partial charge in [-0.25, -0.2) is 0 Å². The molecule has 0 aliphatic carbocycles. The third-order valence-electron chi connectivity index (χ3n) is 4.17. The second-order valence-corrected chi connectivity index (χ2v) is 7.89. The van der Waals surface area contributed by atoms with E-state index in [4.69, 9.17) is 0 Å². The van der Waals surface area contributed by atoms with Crippen molar-refractivity contribution in [3.05, 3.63) is 59.7 Å². The topological polar surface area (TPSA) is 60.8 Å². The molecule has 2 aromatic carbocycles. The lowest BCUT2D eigenvalue weighted by Crippen LogP contribution is -2.35. The number of rotatable bonds is 5. The molecular weight excluding hydrogens is 310 g/mol. The first-order valence-electron chi connectivity index (χ1n) is 7.63. The van der Waals surface area contributed by atoms with Crippen LogP contribution in [0.4, 0.5) is 5.69 Å². The summed E-state index contributed by atoms with van der Waals surface area (Å²) >= 11 is 0. The Morgan fingerprint density at radius 2 is 1.74 bits per heavy atom. The number of fused-ring (bicyclic) bond motifs is 1. The van der Waals surface area contributed by atoms with Crippen LogP contribution < -0.4 is 4.90 Å². The Kier molecular flexibility index (Phi) is 4.71. The van der Waals surface area contributed by atoms with E-state index in [1.807, 2.05) is 54.8 Å². The molecule has 0 atom stereocenters. The highest BCUT2D eigenvalue weighted by molar-refractivity contribution is 8.24. The van der Waals surface area contributed by atoms with Crippen LogP contribution in [0.15, 0.2) is 53.4 Å². The summed E-state index contributed by atoms with van der Waals surface area (Å²) in [7, 11) is -2.65. The highest BCUT2D eigenvalue weighted by Gasteiger charge is 2.27. The first-order valence-corrected chi connectivity index (χ1v) is 9.34. The molecule has 5 heteroatoms. The molecule has 1 aliphatic rings. The third kappa shape index (κ3) is 3.58. The predicted molar refractivity (Wildman–Crippen MR) is 94.2 cm³/mol. The molecule has 0 saturated heterocycles. The van der Waals surface area contributed by atoms with Gasteiger partial charge < -0.3 is 4.90 Å². The average Bonchev–Trinajstić information content (AvgIpc) is 2.56. The minimum Gasteiger partial charge on any atom is -0.368 e. The first-order chi connectivity index (χ1) is 11.1. The fourth-order valence-corrected chi connectivity index (χ4v) is 4.39. The van der Waals surface area contributed by atoms with E-state index in [2.05, 4.69) is 4.90 Å². The maximum absolute atomic E-state index is 10.4. The van der Waals surface area contributed by atoms with Crippen molar-refractivity contribution < 1.29 is 13.9 Å². The normalized spacial score (nSPS) is 17.4. The Hall–Kier alpha value is -1.82. The van der Waals surface area contributed by atoms with Gasteiger partial charge in [-0.1, -0.05) is 36.4 Å². The molecular formula is C18H20NO3S. The van der Waals surface area contributed by atoms with Crippen molar-refractivity contribution in [2.75, 3.05) is 23.7 Å². The lowest BCUT2D eigenvalue weighted by Gasteiger charge is -2.43. The summed E-state index contributed by atoms with van der Waals surface area (Å²) in [6.45, 7) is 1.48. The third-order valence-corrected chi connectivity index (χ3v) is 5.98. The fourth-order valence-electron chi connectivity index (χ4n) is 2.87. The van der Waals surface area contributed by atoms with E-state index in [-0.39, 0.29) is 0 Å². The number of nitrogens with zero attached hydrogens (tertiary/aromatic N) is 1. The van der Waals surface area contributed by atoms with E-state index >= 15 is 0 Å². The van der Waals surface area contributed by atoms with Crippen molar-refractivity contribution in [3.8, 4) is 0 Å². The zero-order valence-corrected chi connectivity index (χ0v) is 13.6. The Balaban J connectivity index is 1.70. The van der Waals surface area contributed by atoms with Gasteiger partial charge in [0.15, 0.2) is 0 Å².